The van der Waals surface area contributed by atoms with Gasteiger partial charge in [-0.1, -0.05) is 36.6 Å². The van der Waals surface area contributed by atoms with Crippen LogP contribution in [0, 0.1) is 5.92 Å². The predicted molar refractivity (Wildman–Crippen MR) is 111 cm³/mol. The topological polar surface area (TPSA) is 45.5 Å². The molecule has 0 radical (unpaired) electrons. The summed E-state index contributed by atoms with van der Waals surface area (Å²) in [5.74, 6) is 0.529. The van der Waals surface area contributed by atoms with Crippen molar-refractivity contribution in [3.05, 3.63) is 59.4 Å². The van der Waals surface area contributed by atoms with E-state index in [9.17, 15) is 9.90 Å². The Morgan fingerprint density at radius 2 is 1.93 bits per heavy atom. The van der Waals surface area contributed by atoms with Gasteiger partial charge in [-0.05, 0) is 49.1 Å². The van der Waals surface area contributed by atoms with E-state index in [2.05, 4.69) is 4.57 Å². The second-order valence-electron chi connectivity index (χ2n) is 8.47. The zero-order chi connectivity index (χ0) is 19.6. The highest BCUT2D eigenvalue weighted by Gasteiger charge is 2.43. The van der Waals surface area contributed by atoms with Crippen molar-refractivity contribution in [1.29, 1.82) is 0 Å². The molecule has 2 fully saturated rings. The average Bonchev–Trinajstić information content (AvgIpc) is 3.20. The number of amides is 1. The average molecular weight is 401 g/mol. The van der Waals surface area contributed by atoms with Crippen LogP contribution in [0.15, 0.2) is 48.8 Å². The summed E-state index contributed by atoms with van der Waals surface area (Å²) >= 11 is 6.06. The summed E-state index contributed by atoms with van der Waals surface area (Å²) in [6.07, 6.45) is 9.46. The molecule has 4 nitrogen and oxygen atoms in total. The van der Waals surface area contributed by atoms with Crippen molar-refractivity contribution in [3.8, 4) is 0 Å². The molecule has 0 unspecified atom stereocenters. The minimum atomic E-state index is -0.546. The van der Waals surface area contributed by atoms with Crippen LogP contribution in [0.3, 0.4) is 0 Å². The Labute approximate surface area is 172 Å². The van der Waals surface area contributed by atoms with Gasteiger partial charge in [-0.3, -0.25) is 4.79 Å². The number of hydrogen-bond donors (Lipinski definition) is 1. The number of aliphatic hydroxyl groups is 1. The number of halogens is 1. The zero-order valence-electron chi connectivity index (χ0n) is 16.3. The van der Waals surface area contributed by atoms with Crippen LogP contribution in [-0.4, -0.2) is 39.2 Å². The van der Waals surface area contributed by atoms with Gasteiger partial charge in [0.05, 0.1) is 5.60 Å². The third kappa shape index (κ3) is 4.28. The lowest BCUT2D eigenvalue weighted by atomic mass is 9.71. The summed E-state index contributed by atoms with van der Waals surface area (Å²) in [6, 6.07) is 11.9. The largest absolute Gasteiger partial charge is 0.389 e. The molecule has 0 bridgehead atoms. The Morgan fingerprint density at radius 1 is 1.18 bits per heavy atom. The van der Waals surface area contributed by atoms with Gasteiger partial charge in [0.2, 0.25) is 5.91 Å². The van der Waals surface area contributed by atoms with E-state index in [1.165, 1.54) is 0 Å². The first-order chi connectivity index (χ1) is 13.5. The van der Waals surface area contributed by atoms with Crippen LogP contribution in [0.5, 0.6) is 0 Å². The van der Waals surface area contributed by atoms with E-state index in [-0.39, 0.29) is 17.7 Å². The van der Waals surface area contributed by atoms with Gasteiger partial charge in [-0.25, -0.2) is 0 Å². The Balaban J connectivity index is 1.46. The molecule has 1 aliphatic heterocycles. The van der Waals surface area contributed by atoms with E-state index in [0.29, 0.717) is 31.0 Å². The highest BCUT2D eigenvalue weighted by molar-refractivity contribution is 6.30. The fourth-order valence-electron chi connectivity index (χ4n) is 4.91. The van der Waals surface area contributed by atoms with Crippen molar-refractivity contribution < 1.29 is 9.90 Å². The van der Waals surface area contributed by atoms with Gasteiger partial charge in [0, 0.05) is 55.3 Å². The highest BCUT2D eigenvalue weighted by Crippen LogP contribution is 2.40. The molecule has 1 aromatic heterocycles. The molecule has 1 aromatic carbocycles. The zero-order valence-corrected chi connectivity index (χ0v) is 17.0. The Morgan fingerprint density at radius 3 is 2.68 bits per heavy atom. The molecule has 3 atom stereocenters. The molecular formula is C23H29ClN2O2. The third-order valence-corrected chi connectivity index (χ3v) is 6.89. The molecule has 1 saturated heterocycles. The number of benzene rings is 1. The van der Waals surface area contributed by atoms with Crippen LogP contribution >= 0.6 is 11.6 Å². The van der Waals surface area contributed by atoms with Crippen LogP contribution in [0.2, 0.25) is 5.02 Å². The van der Waals surface area contributed by atoms with Crippen molar-refractivity contribution >= 4 is 17.5 Å². The molecular weight excluding hydrogens is 372 g/mol. The molecule has 1 saturated carbocycles. The number of likely N-dealkylation sites (tertiary alicyclic amines) is 1. The van der Waals surface area contributed by atoms with Gasteiger partial charge < -0.3 is 14.6 Å². The molecule has 4 rings (SSSR count). The maximum atomic E-state index is 13.2. The van der Waals surface area contributed by atoms with E-state index in [1.54, 1.807) is 0 Å². The summed E-state index contributed by atoms with van der Waals surface area (Å²) in [5.41, 5.74) is 0.591. The van der Waals surface area contributed by atoms with Crippen LogP contribution < -0.4 is 0 Å². The minimum Gasteiger partial charge on any atom is -0.389 e. The van der Waals surface area contributed by atoms with Crippen LogP contribution in [0.1, 0.15) is 50.0 Å². The third-order valence-electron chi connectivity index (χ3n) is 6.64. The molecule has 28 heavy (non-hydrogen) atoms. The van der Waals surface area contributed by atoms with E-state index in [4.69, 9.17) is 11.6 Å². The maximum absolute atomic E-state index is 13.2. The monoisotopic (exact) mass is 400 g/mol. The number of aromatic nitrogens is 1. The van der Waals surface area contributed by atoms with Crippen molar-refractivity contribution in [2.45, 2.75) is 56.6 Å². The van der Waals surface area contributed by atoms with E-state index in [1.807, 2.05) is 53.7 Å². The molecule has 150 valence electrons. The predicted octanol–water partition coefficient (Wildman–Crippen LogP) is 4.47. The summed E-state index contributed by atoms with van der Waals surface area (Å²) in [7, 11) is 0. The Kier molecular flexibility index (Phi) is 5.79. The number of rotatable bonds is 5. The summed E-state index contributed by atoms with van der Waals surface area (Å²) in [5, 5.41) is 11.6. The number of carbonyl (C=O) groups is 1. The smallest absolute Gasteiger partial charge is 0.223 e. The minimum absolute atomic E-state index is 0.101. The van der Waals surface area contributed by atoms with Gasteiger partial charge in [0.15, 0.2) is 0 Å². The molecule has 1 N–H and O–H groups in total. The van der Waals surface area contributed by atoms with Crippen molar-refractivity contribution in [2.24, 2.45) is 5.92 Å². The molecule has 1 amide bonds. The second-order valence-corrected chi connectivity index (χ2v) is 8.90. The summed E-state index contributed by atoms with van der Waals surface area (Å²) in [6.45, 7) is 2.14. The number of fused-ring (bicyclic) bond motifs is 1. The van der Waals surface area contributed by atoms with Gasteiger partial charge in [0.25, 0.3) is 0 Å². The fourth-order valence-corrected chi connectivity index (χ4v) is 5.03. The molecule has 2 aliphatic rings. The first-order valence-corrected chi connectivity index (χ1v) is 10.8. The van der Waals surface area contributed by atoms with Gasteiger partial charge in [0.1, 0.15) is 0 Å². The fraction of sp³-hybridized carbons (Fsp3) is 0.522. The number of carbonyl (C=O) groups excluding carboxylic acids is 1. The van der Waals surface area contributed by atoms with Crippen molar-refractivity contribution in [2.75, 3.05) is 13.1 Å². The standard InChI is InChI=1S/C23H29ClN2O2/c24-21-8-6-18(7-9-21)19(16-25-12-3-4-13-25)15-22(27)26-14-11-23(28)10-2-1-5-20(23)17-26/h3-4,6-9,12-13,19-20,28H,1-2,5,10-11,14-17H2/t19-,20-,23+/m1/s1. The van der Waals surface area contributed by atoms with Gasteiger partial charge in [-0.15, -0.1) is 0 Å². The van der Waals surface area contributed by atoms with Crippen LogP contribution in [0.25, 0.3) is 0 Å². The maximum Gasteiger partial charge on any atom is 0.223 e. The van der Waals surface area contributed by atoms with Gasteiger partial charge >= 0.3 is 0 Å². The molecule has 2 aromatic rings. The molecule has 5 heteroatoms. The van der Waals surface area contributed by atoms with Crippen LogP contribution in [0.4, 0.5) is 0 Å². The number of nitrogens with zero attached hydrogens (tertiary/aromatic N) is 2. The first-order valence-electron chi connectivity index (χ1n) is 10.4. The lowest BCUT2D eigenvalue weighted by Gasteiger charge is -2.47. The van der Waals surface area contributed by atoms with Gasteiger partial charge in [-0.2, -0.15) is 0 Å². The lowest BCUT2D eigenvalue weighted by Crippen LogP contribution is -2.54. The van der Waals surface area contributed by atoms with Crippen molar-refractivity contribution in [1.82, 2.24) is 9.47 Å². The lowest BCUT2D eigenvalue weighted by molar-refractivity contribution is -0.143. The normalized spacial score (nSPS) is 25.9. The summed E-state index contributed by atoms with van der Waals surface area (Å²) in [4.78, 5) is 15.2. The number of piperidine rings is 1. The molecule has 1 aliphatic carbocycles. The summed E-state index contributed by atoms with van der Waals surface area (Å²) < 4.78 is 2.13. The van der Waals surface area contributed by atoms with E-state index < -0.39 is 5.60 Å². The molecule has 0 spiro atoms. The highest BCUT2D eigenvalue weighted by atomic mass is 35.5. The van der Waals surface area contributed by atoms with E-state index in [0.717, 1.165) is 37.8 Å². The quantitative estimate of drug-likeness (QED) is 0.804. The molecule has 2 heterocycles. The van der Waals surface area contributed by atoms with Crippen LogP contribution in [-0.2, 0) is 11.3 Å². The van der Waals surface area contributed by atoms with Crippen molar-refractivity contribution in [3.63, 3.8) is 0 Å². The second kappa shape index (κ2) is 8.30. The first kappa shape index (κ1) is 19.5. The Hall–Kier alpha value is -1.78. The van der Waals surface area contributed by atoms with E-state index >= 15 is 0 Å². The Bertz CT molecular complexity index is 789. The number of hydrogen-bond acceptors (Lipinski definition) is 2. The SMILES string of the molecule is O=C(C[C@H](Cn1cccc1)c1ccc(Cl)cc1)N1CC[C@@]2(O)CCCC[C@@H]2C1.